The van der Waals surface area contributed by atoms with Crippen molar-refractivity contribution in [3.8, 4) is 11.5 Å². The van der Waals surface area contributed by atoms with Crippen LogP contribution in [0.1, 0.15) is 162 Å². The number of rotatable bonds is 16. The fraction of sp³-hybridized carbons (Fsp3) is 0.500. The van der Waals surface area contributed by atoms with E-state index in [9.17, 15) is 17.6 Å². The van der Waals surface area contributed by atoms with E-state index in [1.54, 1.807) is 0 Å². The van der Waals surface area contributed by atoms with Gasteiger partial charge >= 0.3 is 0 Å². The molecule has 4 aromatic carbocycles. The summed E-state index contributed by atoms with van der Waals surface area (Å²) in [5.41, 5.74) is 3.44. The Bertz CT molecular complexity index is 1740. The highest BCUT2D eigenvalue weighted by atomic mass is 19.2. The van der Waals surface area contributed by atoms with E-state index in [0.717, 1.165) is 86.5 Å². The lowest BCUT2D eigenvalue weighted by Gasteiger charge is -2.30. The van der Waals surface area contributed by atoms with Gasteiger partial charge in [0.15, 0.2) is 34.9 Å². The Morgan fingerprint density at radius 2 is 0.855 bits per heavy atom. The van der Waals surface area contributed by atoms with Crippen molar-refractivity contribution < 1.29 is 31.1 Å². The average Bonchev–Trinajstić information content (AvgIpc) is 3.20. The van der Waals surface area contributed by atoms with Crippen LogP contribution in [-0.4, -0.2) is 0 Å². The van der Waals surface area contributed by atoms with Crippen molar-refractivity contribution in [2.24, 2.45) is 11.8 Å². The van der Waals surface area contributed by atoms with Crippen LogP contribution in [0.4, 0.5) is 26.3 Å². The third-order valence-corrected chi connectivity index (χ3v) is 12.4. The van der Waals surface area contributed by atoms with Crippen LogP contribution in [0.25, 0.3) is 0 Å². The van der Waals surface area contributed by atoms with Gasteiger partial charge in [0.05, 0.1) is 0 Å². The molecule has 0 spiro atoms. The maximum atomic E-state index is 15.1. The molecule has 2 aliphatic carbocycles. The third kappa shape index (κ3) is 10.4. The molecule has 0 N–H and O–H groups in total. The van der Waals surface area contributed by atoms with Crippen LogP contribution in [0.3, 0.4) is 0 Å². The zero-order valence-corrected chi connectivity index (χ0v) is 32.5. The molecular weight excluding hydrogens is 707 g/mol. The molecule has 0 unspecified atom stereocenters. The second kappa shape index (κ2) is 19.4. The Hall–Kier alpha value is -3.74. The Morgan fingerprint density at radius 1 is 0.455 bits per heavy atom. The van der Waals surface area contributed by atoms with E-state index in [1.165, 1.54) is 63.5 Å². The van der Waals surface area contributed by atoms with Gasteiger partial charge in [-0.05, 0) is 133 Å². The van der Waals surface area contributed by atoms with Crippen LogP contribution >= 0.6 is 0 Å². The number of halogens is 6. The SMILES string of the molecule is CCCCCC1CCC(c2ccc(Oc3ccc(C4CCC(CCCCC)CC4)cc3Cc3ccc(F)c(F)c3F)c(Cc3ccc(F)c(F)c3F)c2)CC1. The highest BCUT2D eigenvalue weighted by Crippen LogP contribution is 2.43. The molecule has 0 atom stereocenters. The van der Waals surface area contributed by atoms with E-state index >= 15 is 8.78 Å². The predicted octanol–water partition coefficient (Wildman–Crippen LogP) is 15.2. The van der Waals surface area contributed by atoms with E-state index in [2.05, 4.69) is 13.8 Å². The van der Waals surface area contributed by atoms with Gasteiger partial charge in [0.25, 0.3) is 0 Å². The van der Waals surface area contributed by atoms with Crippen LogP contribution in [0, 0.1) is 46.7 Å². The summed E-state index contributed by atoms with van der Waals surface area (Å²) in [4.78, 5) is 0. The van der Waals surface area contributed by atoms with Crippen molar-refractivity contribution in [1.82, 2.24) is 0 Å². The van der Waals surface area contributed by atoms with Gasteiger partial charge in [-0.3, -0.25) is 0 Å². The van der Waals surface area contributed by atoms with E-state index in [0.29, 0.717) is 34.5 Å². The molecule has 296 valence electrons. The zero-order chi connectivity index (χ0) is 38.9. The largest absolute Gasteiger partial charge is 0.457 e. The predicted molar refractivity (Wildman–Crippen MR) is 209 cm³/mol. The summed E-state index contributed by atoms with van der Waals surface area (Å²) in [6.07, 6.45) is 18.6. The summed E-state index contributed by atoms with van der Waals surface area (Å²) in [7, 11) is 0. The molecule has 55 heavy (non-hydrogen) atoms. The van der Waals surface area contributed by atoms with Gasteiger partial charge < -0.3 is 4.74 Å². The number of ether oxygens (including phenoxy) is 1. The lowest BCUT2D eigenvalue weighted by atomic mass is 9.76. The second-order valence-electron chi connectivity index (χ2n) is 16.3. The topological polar surface area (TPSA) is 9.23 Å². The van der Waals surface area contributed by atoms with Crippen LogP contribution in [0.15, 0.2) is 60.7 Å². The summed E-state index contributed by atoms with van der Waals surface area (Å²) in [5, 5.41) is 0. The normalized spacial score (nSPS) is 20.1. The van der Waals surface area contributed by atoms with Crippen LogP contribution in [-0.2, 0) is 12.8 Å². The summed E-state index contributed by atoms with van der Waals surface area (Å²) in [6.45, 7) is 4.44. The highest BCUT2D eigenvalue weighted by Gasteiger charge is 2.26. The first-order valence-electron chi connectivity index (χ1n) is 20.8. The zero-order valence-electron chi connectivity index (χ0n) is 32.5. The third-order valence-electron chi connectivity index (χ3n) is 12.4. The summed E-state index contributed by atoms with van der Waals surface area (Å²) < 4.78 is 93.6. The Labute approximate surface area is 323 Å². The van der Waals surface area contributed by atoms with Crippen molar-refractivity contribution in [3.05, 3.63) is 129 Å². The van der Waals surface area contributed by atoms with Gasteiger partial charge in [-0.1, -0.05) is 102 Å². The number of unbranched alkanes of at least 4 members (excludes halogenated alkanes) is 4. The first-order chi connectivity index (χ1) is 26.6. The monoisotopic (exact) mass is 762 g/mol. The fourth-order valence-electron chi connectivity index (χ4n) is 9.05. The molecule has 2 saturated carbocycles. The molecule has 0 aliphatic heterocycles. The molecule has 2 fully saturated rings. The molecule has 7 heteroatoms. The molecule has 2 aliphatic rings. The van der Waals surface area contributed by atoms with Crippen molar-refractivity contribution in [2.75, 3.05) is 0 Å². The summed E-state index contributed by atoms with van der Waals surface area (Å²) >= 11 is 0. The standard InChI is InChI=1S/C48H56F6O/c1-3-5-7-9-31-11-15-33(16-12-31)35-21-25-43(39(27-35)29-37-19-23-41(49)47(53)45(37)51)55-44-26-22-36(34-17-13-32(14-18-34)10-8-6-4-2)28-40(44)30-38-20-24-42(50)48(54)46(38)52/h19-28,31-34H,3-18,29-30H2,1-2H3. The maximum absolute atomic E-state index is 15.1. The maximum Gasteiger partial charge on any atom is 0.194 e. The molecule has 0 radical (unpaired) electrons. The first-order valence-corrected chi connectivity index (χ1v) is 20.8. The van der Waals surface area contributed by atoms with Crippen molar-refractivity contribution in [2.45, 2.75) is 141 Å². The summed E-state index contributed by atoms with van der Waals surface area (Å²) in [6, 6.07) is 16.2. The van der Waals surface area contributed by atoms with Gasteiger partial charge in [-0.2, -0.15) is 0 Å². The van der Waals surface area contributed by atoms with Gasteiger partial charge in [0.1, 0.15) is 11.5 Å². The minimum absolute atomic E-state index is 0.00487. The average molecular weight is 763 g/mol. The number of hydrogen-bond donors (Lipinski definition) is 0. The van der Waals surface area contributed by atoms with Crippen molar-refractivity contribution in [1.29, 1.82) is 0 Å². The molecule has 0 bridgehead atoms. The lowest BCUT2D eigenvalue weighted by Crippen LogP contribution is -2.14. The molecule has 0 saturated heterocycles. The first kappa shape index (κ1) is 40.9. The molecule has 4 aromatic rings. The summed E-state index contributed by atoms with van der Waals surface area (Å²) in [5.74, 6) is -5.09. The Balaban J connectivity index is 1.31. The van der Waals surface area contributed by atoms with Gasteiger partial charge in [0, 0.05) is 12.8 Å². The molecule has 0 aromatic heterocycles. The highest BCUT2D eigenvalue weighted by molar-refractivity contribution is 5.48. The molecule has 0 heterocycles. The number of hydrogen-bond acceptors (Lipinski definition) is 1. The van der Waals surface area contributed by atoms with Gasteiger partial charge in [0.2, 0.25) is 0 Å². The van der Waals surface area contributed by atoms with E-state index in [-0.39, 0.29) is 24.0 Å². The molecule has 0 amide bonds. The molecule has 1 nitrogen and oxygen atoms in total. The second-order valence-corrected chi connectivity index (χ2v) is 16.3. The minimum atomic E-state index is -1.51. The fourth-order valence-corrected chi connectivity index (χ4v) is 9.05. The van der Waals surface area contributed by atoms with E-state index < -0.39 is 34.9 Å². The molecular formula is C48H56F6O. The van der Waals surface area contributed by atoms with Crippen LogP contribution in [0.2, 0.25) is 0 Å². The van der Waals surface area contributed by atoms with E-state index in [4.69, 9.17) is 4.74 Å². The Morgan fingerprint density at radius 3 is 1.24 bits per heavy atom. The number of benzene rings is 4. The van der Waals surface area contributed by atoms with Gasteiger partial charge in [-0.25, -0.2) is 26.3 Å². The molecule has 6 rings (SSSR count). The minimum Gasteiger partial charge on any atom is -0.457 e. The van der Waals surface area contributed by atoms with Crippen molar-refractivity contribution in [3.63, 3.8) is 0 Å². The van der Waals surface area contributed by atoms with Crippen molar-refractivity contribution >= 4 is 0 Å². The Kier molecular flexibility index (Phi) is 14.4. The lowest BCUT2D eigenvalue weighted by molar-refractivity contribution is 0.302. The smallest absolute Gasteiger partial charge is 0.194 e. The van der Waals surface area contributed by atoms with E-state index in [1.807, 2.05) is 36.4 Å². The van der Waals surface area contributed by atoms with Gasteiger partial charge in [-0.15, -0.1) is 0 Å². The van der Waals surface area contributed by atoms with Crippen LogP contribution in [0.5, 0.6) is 11.5 Å². The quantitative estimate of drug-likeness (QED) is 0.0627. The van der Waals surface area contributed by atoms with Crippen LogP contribution < -0.4 is 4.74 Å².